The highest BCUT2D eigenvalue weighted by atomic mass is 32.2. The Morgan fingerprint density at radius 2 is 1.68 bits per heavy atom. The zero-order valence-electron chi connectivity index (χ0n) is 19.0. The van der Waals surface area contributed by atoms with Gasteiger partial charge in [-0.2, -0.15) is 4.31 Å². The minimum absolute atomic E-state index is 0.122. The first-order valence-electron chi connectivity index (χ1n) is 10.9. The molecule has 0 unspecified atom stereocenters. The van der Waals surface area contributed by atoms with Crippen LogP contribution in [0.5, 0.6) is 5.75 Å². The summed E-state index contributed by atoms with van der Waals surface area (Å²) in [5, 5.41) is 2.62. The van der Waals surface area contributed by atoms with E-state index in [4.69, 9.17) is 4.74 Å². The number of halogens is 1. The number of carbonyl (C=O) groups excluding carboxylic acids is 1. The van der Waals surface area contributed by atoms with Gasteiger partial charge < -0.3 is 15.0 Å². The second-order valence-electron chi connectivity index (χ2n) is 8.03. The first kappa shape index (κ1) is 23.7. The summed E-state index contributed by atoms with van der Waals surface area (Å²) in [6, 6.07) is 18.3. The lowest BCUT2D eigenvalue weighted by atomic mass is 10.1. The van der Waals surface area contributed by atoms with E-state index in [2.05, 4.69) is 10.2 Å². The zero-order valence-corrected chi connectivity index (χ0v) is 19.8. The van der Waals surface area contributed by atoms with Crippen molar-refractivity contribution < 1.29 is 22.3 Å². The molecule has 0 aliphatic carbocycles. The van der Waals surface area contributed by atoms with E-state index in [1.165, 1.54) is 17.5 Å². The van der Waals surface area contributed by atoms with Crippen LogP contribution in [0, 0.1) is 12.7 Å². The summed E-state index contributed by atoms with van der Waals surface area (Å²) < 4.78 is 47.7. The SMILES string of the molecule is COc1ccc(C)cc1NC(=O)c1cc(S(=O)(=O)N2CCN(c3ccccc3)CC2)ccc1F. The number of hydrogen-bond donors (Lipinski definition) is 1. The fourth-order valence-electron chi connectivity index (χ4n) is 3.92. The van der Waals surface area contributed by atoms with Gasteiger partial charge in [-0.3, -0.25) is 4.79 Å². The highest BCUT2D eigenvalue weighted by Gasteiger charge is 2.30. The van der Waals surface area contributed by atoms with E-state index in [1.807, 2.05) is 43.3 Å². The van der Waals surface area contributed by atoms with Gasteiger partial charge in [0.2, 0.25) is 10.0 Å². The Bertz CT molecular complexity index is 1290. The molecule has 1 N–H and O–H groups in total. The van der Waals surface area contributed by atoms with Crippen molar-refractivity contribution in [2.75, 3.05) is 43.5 Å². The maximum atomic E-state index is 14.5. The van der Waals surface area contributed by atoms with Gasteiger partial charge in [-0.25, -0.2) is 12.8 Å². The number of carbonyl (C=O) groups is 1. The van der Waals surface area contributed by atoms with Gasteiger partial charge in [0.05, 0.1) is 23.3 Å². The highest BCUT2D eigenvalue weighted by Crippen LogP contribution is 2.27. The first-order chi connectivity index (χ1) is 16.3. The van der Waals surface area contributed by atoms with E-state index in [0.717, 1.165) is 23.4 Å². The molecule has 178 valence electrons. The van der Waals surface area contributed by atoms with Crippen molar-refractivity contribution in [1.29, 1.82) is 0 Å². The summed E-state index contributed by atoms with van der Waals surface area (Å²) in [6.07, 6.45) is 0. The van der Waals surface area contributed by atoms with Crippen molar-refractivity contribution in [1.82, 2.24) is 4.31 Å². The fourth-order valence-corrected chi connectivity index (χ4v) is 5.37. The maximum absolute atomic E-state index is 14.5. The van der Waals surface area contributed by atoms with Gasteiger partial charge in [0.15, 0.2) is 0 Å². The summed E-state index contributed by atoms with van der Waals surface area (Å²) in [4.78, 5) is 14.8. The summed E-state index contributed by atoms with van der Waals surface area (Å²) in [5.74, 6) is -1.15. The summed E-state index contributed by atoms with van der Waals surface area (Å²) in [5.41, 5.74) is 1.93. The molecule has 1 fully saturated rings. The molecule has 1 saturated heterocycles. The van der Waals surface area contributed by atoms with Crippen LogP contribution in [0.4, 0.5) is 15.8 Å². The van der Waals surface area contributed by atoms with Gasteiger partial charge in [-0.1, -0.05) is 24.3 Å². The van der Waals surface area contributed by atoms with Gasteiger partial charge in [0.25, 0.3) is 5.91 Å². The number of benzene rings is 3. The lowest BCUT2D eigenvalue weighted by molar-refractivity contribution is 0.102. The fraction of sp³-hybridized carbons (Fsp3) is 0.240. The lowest BCUT2D eigenvalue weighted by Crippen LogP contribution is -2.48. The highest BCUT2D eigenvalue weighted by molar-refractivity contribution is 7.89. The van der Waals surface area contributed by atoms with Crippen molar-refractivity contribution >= 4 is 27.3 Å². The molecule has 9 heteroatoms. The average Bonchev–Trinajstić information content (AvgIpc) is 2.85. The van der Waals surface area contributed by atoms with Crippen LogP contribution in [0.15, 0.2) is 71.6 Å². The third-order valence-electron chi connectivity index (χ3n) is 5.78. The summed E-state index contributed by atoms with van der Waals surface area (Å²) in [6.45, 7) is 3.49. The Labute approximate surface area is 198 Å². The predicted molar refractivity (Wildman–Crippen MR) is 129 cm³/mol. The molecule has 3 aromatic rings. The van der Waals surface area contributed by atoms with E-state index in [0.29, 0.717) is 24.5 Å². The number of rotatable bonds is 6. The normalized spacial score (nSPS) is 14.6. The number of sulfonamides is 1. The zero-order chi connectivity index (χ0) is 24.3. The minimum Gasteiger partial charge on any atom is -0.495 e. The number of amides is 1. The molecule has 7 nitrogen and oxygen atoms in total. The molecule has 1 aliphatic heterocycles. The quantitative estimate of drug-likeness (QED) is 0.575. The molecule has 1 aliphatic rings. The number of nitrogens with zero attached hydrogens (tertiary/aromatic N) is 2. The van der Waals surface area contributed by atoms with Crippen LogP contribution in [-0.2, 0) is 10.0 Å². The van der Waals surface area contributed by atoms with Gasteiger partial charge in [0.1, 0.15) is 11.6 Å². The van der Waals surface area contributed by atoms with Gasteiger partial charge in [-0.15, -0.1) is 0 Å². The van der Waals surface area contributed by atoms with Crippen LogP contribution < -0.4 is 15.0 Å². The largest absolute Gasteiger partial charge is 0.495 e. The Balaban J connectivity index is 1.53. The second-order valence-corrected chi connectivity index (χ2v) is 9.96. The molecule has 1 amide bonds. The van der Waals surface area contributed by atoms with Crippen molar-refractivity contribution in [2.24, 2.45) is 0 Å². The van der Waals surface area contributed by atoms with E-state index in [-0.39, 0.29) is 23.5 Å². The number of aryl methyl sites for hydroxylation is 1. The molecule has 0 aromatic heterocycles. The summed E-state index contributed by atoms with van der Waals surface area (Å²) in [7, 11) is -2.43. The molecular formula is C25H26FN3O4S. The monoisotopic (exact) mass is 483 g/mol. The van der Waals surface area contributed by atoms with E-state index in [1.54, 1.807) is 12.1 Å². The number of hydrogen-bond acceptors (Lipinski definition) is 5. The van der Waals surface area contributed by atoms with Crippen molar-refractivity contribution in [3.05, 3.63) is 83.7 Å². The number of para-hydroxylation sites is 1. The van der Waals surface area contributed by atoms with Crippen LogP contribution in [0.2, 0.25) is 0 Å². The molecule has 0 bridgehead atoms. The Hall–Kier alpha value is -3.43. The standard InChI is InChI=1S/C25H26FN3O4S/c1-18-8-11-24(33-2)23(16-18)27-25(30)21-17-20(9-10-22(21)26)34(31,32)29-14-12-28(13-15-29)19-6-4-3-5-7-19/h3-11,16-17H,12-15H2,1-2H3,(H,27,30). The van der Waals surface area contributed by atoms with Crippen molar-refractivity contribution in [2.45, 2.75) is 11.8 Å². The smallest absolute Gasteiger partial charge is 0.258 e. The molecule has 0 spiro atoms. The Morgan fingerprint density at radius 1 is 0.971 bits per heavy atom. The molecular weight excluding hydrogens is 457 g/mol. The average molecular weight is 484 g/mol. The molecule has 4 rings (SSSR count). The Morgan fingerprint density at radius 3 is 2.35 bits per heavy atom. The third-order valence-corrected chi connectivity index (χ3v) is 7.68. The number of piperazine rings is 1. The molecule has 0 saturated carbocycles. The second kappa shape index (κ2) is 9.82. The van der Waals surface area contributed by atoms with E-state index < -0.39 is 21.7 Å². The van der Waals surface area contributed by atoms with E-state index >= 15 is 0 Å². The number of methoxy groups -OCH3 is 1. The number of ether oxygens (including phenoxy) is 1. The molecule has 1 heterocycles. The third kappa shape index (κ3) is 4.90. The van der Waals surface area contributed by atoms with Crippen LogP contribution >= 0.6 is 0 Å². The molecule has 0 radical (unpaired) electrons. The predicted octanol–water partition coefficient (Wildman–Crippen LogP) is 3.91. The van der Waals surface area contributed by atoms with E-state index in [9.17, 15) is 17.6 Å². The Kier molecular flexibility index (Phi) is 6.85. The lowest BCUT2D eigenvalue weighted by Gasteiger charge is -2.35. The van der Waals surface area contributed by atoms with Gasteiger partial charge in [-0.05, 0) is 55.0 Å². The van der Waals surface area contributed by atoms with Crippen LogP contribution in [-0.4, -0.2) is 51.9 Å². The van der Waals surface area contributed by atoms with Crippen LogP contribution in [0.25, 0.3) is 0 Å². The number of nitrogens with one attached hydrogen (secondary N) is 1. The van der Waals surface area contributed by atoms with Gasteiger partial charge in [0, 0.05) is 31.9 Å². The van der Waals surface area contributed by atoms with Crippen molar-refractivity contribution in [3.8, 4) is 5.75 Å². The van der Waals surface area contributed by atoms with Gasteiger partial charge >= 0.3 is 0 Å². The maximum Gasteiger partial charge on any atom is 0.258 e. The minimum atomic E-state index is -3.90. The topological polar surface area (TPSA) is 78.9 Å². The van der Waals surface area contributed by atoms with Crippen molar-refractivity contribution in [3.63, 3.8) is 0 Å². The van der Waals surface area contributed by atoms with Crippen LogP contribution in [0.3, 0.4) is 0 Å². The molecule has 34 heavy (non-hydrogen) atoms. The van der Waals surface area contributed by atoms with Crippen LogP contribution in [0.1, 0.15) is 15.9 Å². The number of anilines is 2. The first-order valence-corrected chi connectivity index (χ1v) is 12.3. The summed E-state index contributed by atoms with van der Waals surface area (Å²) >= 11 is 0. The molecule has 3 aromatic carbocycles. The molecule has 0 atom stereocenters.